The number of ether oxygens (including phenoxy) is 1. The highest BCUT2D eigenvalue weighted by atomic mass is 31.2. The van der Waals surface area contributed by atoms with Gasteiger partial charge in [0.25, 0.3) is 0 Å². The van der Waals surface area contributed by atoms with Gasteiger partial charge in [0.2, 0.25) is 0 Å². The summed E-state index contributed by atoms with van der Waals surface area (Å²) in [6, 6.07) is 4.80. The third-order valence-electron chi connectivity index (χ3n) is 4.44. The van der Waals surface area contributed by atoms with Gasteiger partial charge in [-0.3, -0.25) is 0 Å². The van der Waals surface area contributed by atoms with Crippen molar-refractivity contribution in [2.45, 2.75) is 32.7 Å². The molecule has 0 spiro atoms. The summed E-state index contributed by atoms with van der Waals surface area (Å²) < 4.78 is 14.4. The van der Waals surface area contributed by atoms with Crippen LogP contribution in [-0.4, -0.2) is 50.8 Å². The number of benzene rings is 1. The fraction of sp³-hybridized carbons (Fsp3) is 0.500. The van der Waals surface area contributed by atoms with Crippen LogP contribution in [0.5, 0.6) is 5.75 Å². The molecule has 1 aromatic heterocycles. The summed E-state index contributed by atoms with van der Waals surface area (Å²) in [5, 5.41) is 1.39. The number of nitrogens with zero attached hydrogens (tertiary/aromatic N) is 1. The van der Waals surface area contributed by atoms with Gasteiger partial charge in [0.1, 0.15) is 5.75 Å². The fourth-order valence-corrected chi connectivity index (χ4v) is 3.47. The lowest BCUT2D eigenvalue weighted by atomic mass is 9.88. The van der Waals surface area contributed by atoms with Gasteiger partial charge < -0.3 is 29.3 Å². The molecule has 1 atom stereocenters. The summed E-state index contributed by atoms with van der Waals surface area (Å²) in [5.41, 5.74) is 4.05. The highest BCUT2D eigenvalue weighted by Gasteiger charge is 2.27. The van der Waals surface area contributed by atoms with Gasteiger partial charge in [-0.15, -0.1) is 0 Å². The minimum Gasteiger partial charge on any atom is -0.496 e. The number of rotatable bonds is 4. The lowest BCUT2D eigenvalue weighted by molar-refractivity contribution is 0.211. The van der Waals surface area contributed by atoms with Crippen LogP contribution in [0.3, 0.4) is 0 Å². The van der Waals surface area contributed by atoms with Crippen LogP contribution in [-0.2, 0) is 17.4 Å². The predicted octanol–water partition coefficient (Wildman–Crippen LogP) is 2.06. The smallest absolute Gasteiger partial charge is 0.466 e. The first-order valence-electron chi connectivity index (χ1n) is 7.96. The number of methoxy groups -OCH3 is 1. The van der Waals surface area contributed by atoms with Gasteiger partial charge in [-0.05, 0) is 43.6 Å². The summed E-state index contributed by atoms with van der Waals surface area (Å²) in [4.78, 5) is 27.5. The Morgan fingerprint density at radius 1 is 1.25 bits per heavy atom. The van der Waals surface area contributed by atoms with Gasteiger partial charge in [0, 0.05) is 28.7 Å². The number of H-pyrrole nitrogens is 1. The van der Waals surface area contributed by atoms with E-state index in [4.69, 9.17) is 24.0 Å². The maximum Gasteiger partial charge on any atom is 0.466 e. The molecule has 1 heterocycles. The van der Waals surface area contributed by atoms with Gasteiger partial charge in [0.15, 0.2) is 0 Å². The molecular formula is C16H25N2O5P. The largest absolute Gasteiger partial charge is 0.496 e. The van der Waals surface area contributed by atoms with E-state index in [0.717, 1.165) is 31.7 Å². The van der Waals surface area contributed by atoms with Crippen LogP contribution in [0.4, 0.5) is 0 Å². The SMILES string of the molecule is CCN(CC)C1Cc2c[nH]c3ccc(OC)c(c23)C1.O=P(O)(O)O. The van der Waals surface area contributed by atoms with Crippen molar-refractivity contribution in [3.8, 4) is 5.75 Å². The minimum atomic E-state index is -4.64. The zero-order valence-corrected chi connectivity index (χ0v) is 15.1. The molecule has 8 heteroatoms. The van der Waals surface area contributed by atoms with E-state index in [9.17, 15) is 0 Å². The van der Waals surface area contributed by atoms with E-state index < -0.39 is 7.82 Å². The second kappa shape index (κ2) is 7.68. The van der Waals surface area contributed by atoms with E-state index in [0.29, 0.717) is 6.04 Å². The van der Waals surface area contributed by atoms with Crippen molar-refractivity contribution in [3.63, 3.8) is 0 Å². The molecule has 3 rings (SSSR count). The number of likely N-dealkylation sites (N-methyl/N-ethyl adjacent to an activating group) is 1. The Balaban J connectivity index is 0.000000368. The molecule has 24 heavy (non-hydrogen) atoms. The first-order chi connectivity index (χ1) is 11.3. The van der Waals surface area contributed by atoms with Crippen molar-refractivity contribution in [3.05, 3.63) is 29.5 Å². The standard InChI is InChI=1S/C16H22N2O.H3O4P/c1-4-18(5-2)12-8-11-10-17-14-6-7-15(19-3)13(9-12)16(11)14;1-5(2,3)4/h6-7,10,12,17H,4-5,8-9H2,1-3H3;(H3,1,2,3,4). The molecule has 0 amide bonds. The van der Waals surface area contributed by atoms with E-state index >= 15 is 0 Å². The average molecular weight is 356 g/mol. The van der Waals surface area contributed by atoms with Crippen molar-refractivity contribution in [2.75, 3.05) is 20.2 Å². The molecule has 2 aromatic rings. The number of aromatic nitrogens is 1. The molecule has 7 nitrogen and oxygen atoms in total. The van der Waals surface area contributed by atoms with Crippen molar-refractivity contribution in [1.29, 1.82) is 0 Å². The molecule has 0 radical (unpaired) electrons. The molecule has 4 N–H and O–H groups in total. The van der Waals surface area contributed by atoms with Crippen LogP contribution in [0.25, 0.3) is 10.9 Å². The molecule has 0 saturated carbocycles. The summed E-state index contributed by atoms with van der Waals surface area (Å²) >= 11 is 0. The predicted molar refractivity (Wildman–Crippen MR) is 93.2 cm³/mol. The Kier molecular flexibility index (Phi) is 6.06. The molecule has 0 saturated heterocycles. The van der Waals surface area contributed by atoms with Crippen molar-refractivity contribution < 1.29 is 24.0 Å². The lowest BCUT2D eigenvalue weighted by Crippen LogP contribution is -2.39. The Morgan fingerprint density at radius 2 is 1.88 bits per heavy atom. The fourth-order valence-electron chi connectivity index (χ4n) is 3.47. The second-order valence-corrected chi connectivity index (χ2v) is 6.81. The van der Waals surface area contributed by atoms with E-state index in [-0.39, 0.29) is 0 Å². The lowest BCUT2D eigenvalue weighted by Gasteiger charge is -2.33. The first kappa shape index (κ1) is 19.0. The summed E-state index contributed by atoms with van der Waals surface area (Å²) in [5.74, 6) is 1.03. The summed E-state index contributed by atoms with van der Waals surface area (Å²) in [6.07, 6.45) is 4.40. The molecule has 134 valence electrons. The van der Waals surface area contributed by atoms with E-state index in [1.165, 1.54) is 22.0 Å². The van der Waals surface area contributed by atoms with Crippen LogP contribution < -0.4 is 4.74 Å². The van der Waals surface area contributed by atoms with Crippen molar-refractivity contribution in [2.24, 2.45) is 0 Å². The minimum absolute atomic E-state index is 0.595. The van der Waals surface area contributed by atoms with Crippen LogP contribution >= 0.6 is 7.82 Å². The highest BCUT2D eigenvalue weighted by Crippen LogP contribution is 2.36. The first-order valence-corrected chi connectivity index (χ1v) is 9.53. The zero-order chi connectivity index (χ0) is 17.9. The normalized spacial score (nSPS) is 16.9. The topological polar surface area (TPSA) is 106 Å². The quantitative estimate of drug-likeness (QED) is 0.625. The van der Waals surface area contributed by atoms with Gasteiger partial charge in [-0.2, -0.15) is 0 Å². The Labute approximate surface area is 141 Å². The molecule has 0 fully saturated rings. The summed E-state index contributed by atoms with van der Waals surface area (Å²) in [6.45, 7) is 6.71. The average Bonchev–Trinajstić information content (AvgIpc) is 2.92. The van der Waals surface area contributed by atoms with Crippen LogP contribution in [0.2, 0.25) is 0 Å². The van der Waals surface area contributed by atoms with Crippen molar-refractivity contribution in [1.82, 2.24) is 9.88 Å². The Bertz CT molecular complexity index is 727. The molecular weight excluding hydrogens is 331 g/mol. The Morgan fingerprint density at radius 3 is 2.42 bits per heavy atom. The molecule has 1 aromatic carbocycles. The summed E-state index contributed by atoms with van der Waals surface area (Å²) in [7, 11) is -2.87. The Hall–Kier alpha value is -1.37. The number of hydrogen-bond donors (Lipinski definition) is 4. The highest BCUT2D eigenvalue weighted by molar-refractivity contribution is 7.45. The zero-order valence-electron chi connectivity index (χ0n) is 14.2. The molecule has 1 unspecified atom stereocenters. The number of nitrogens with one attached hydrogen (secondary N) is 1. The van der Waals surface area contributed by atoms with Crippen LogP contribution in [0.15, 0.2) is 18.3 Å². The third kappa shape index (κ3) is 4.37. The maximum absolute atomic E-state index is 8.88. The van der Waals surface area contributed by atoms with Gasteiger partial charge >= 0.3 is 7.82 Å². The monoisotopic (exact) mass is 356 g/mol. The molecule has 0 bridgehead atoms. The van der Waals surface area contributed by atoms with Crippen molar-refractivity contribution >= 4 is 18.7 Å². The number of phosphoric acid groups is 1. The van der Waals surface area contributed by atoms with Gasteiger partial charge in [-0.1, -0.05) is 13.8 Å². The van der Waals surface area contributed by atoms with Crippen LogP contribution in [0.1, 0.15) is 25.0 Å². The third-order valence-corrected chi connectivity index (χ3v) is 4.44. The number of hydrogen-bond acceptors (Lipinski definition) is 3. The maximum atomic E-state index is 8.88. The second-order valence-electron chi connectivity index (χ2n) is 5.78. The van der Waals surface area contributed by atoms with E-state index in [2.05, 4.69) is 42.1 Å². The molecule has 1 aliphatic rings. The molecule has 1 aliphatic carbocycles. The van der Waals surface area contributed by atoms with E-state index in [1.807, 2.05) is 0 Å². The van der Waals surface area contributed by atoms with Gasteiger partial charge in [0.05, 0.1) is 7.11 Å². The van der Waals surface area contributed by atoms with Crippen LogP contribution in [0, 0.1) is 0 Å². The molecule has 0 aliphatic heterocycles. The number of aromatic amines is 1. The van der Waals surface area contributed by atoms with Gasteiger partial charge in [-0.25, -0.2) is 4.57 Å². The van der Waals surface area contributed by atoms with E-state index in [1.54, 1.807) is 7.11 Å².